The molecular formula is C12H24ClN5. The Morgan fingerprint density at radius 1 is 1.50 bits per heavy atom. The quantitative estimate of drug-likeness (QED) is 0.612. The maximum atomic E-state index is 6.25. The van der Waals surface area contributed by atoms with E-state index < -0.39 is 0 Å². The largest absolute Gasteiger partial charge is 0.302 e. The summed E-state index contributed by atoms with van der Waals surface area (Å²) < 4.78 is 1.79. The zero-order valence-electron chi connectivity index (χ0n) is 11.9. The van der Waals surface area contributed by atoms with Gasteiger partial charge in [-0.1, -0.05) is 25.4 Å². The summed E-state index contributed by atoms with van der Waals surface area (Å²) in [6.07, 6.45) is 3.59. The normalized spacial score (nSPS) is 14.2. The van der Waals surface area contributed by atoms with Crippen molar-refractivity contribution >= 4 is 11.6 Å². The summed E-state index contributed by atoms with van der Waals surface area (Å²) in [6, 6.07) is -0.0671. The van der Waals surface area contributed by atoms with Gasteiger partial charge in [-0.15, -0.1) is 0 Å². The summed E-state index contributed by atoms with van der Waals surface area (Å²) in [5.74, 6) is 5.80. The highest BCUT2D eigenvalue weighted by atomic mass is 35.5. The first-order valence-corrected chi connectivity index (χ1v) is 6.63. The predicted molar refractivity (Wildman–Crippen MR) is 75.3 cm³/mol. The molecule has 1 heterocycles. The minimum absolute atomic E-state index is 0.0671. The van der Waals surface area contributed by atoms with Gasteiger partial charge in [0.25, 0.3) is 0 Å². The molecule has 3 N–H and O–H groups in total. The molecule has 0 spiro atoms. The number of hydrogen-bond acceptors (Lipinski definition) is 4. The summed E-state index contributed by atoms with van der Waals surface area (Å²) in [5, 5.41) is 4.84. The number of nitrogens with one attached hydrogen (secondary N) is 1. The Labute approximate surface area is 114 Å². The Bertz CT molecular complexity index is 364. The van der Waals surface area contributed by atoms with Crippen molar-refractivity contribution in [2.24, 2.45) is 12.9 Å². The zero-order valence-corrected chi connectivity index (χ0v) is 12.6. The number of hydrazine groups is 1. The van der Waals surface area contributed by atoms with Crippen LogP contribution in [0.3, 0.4) is 0 Å². The average Bonchev–Trinajstić information content (AvgIpc) is 2.66. The first kappa shape index (κ1) is 15.4. The molecule has 6 heteroatoms. The van der Waals surface area contributed by atoms with Crippen molar-refractivity contribution < 1.29 is 0 Å². The smallest absolute Gasteiger partial charge is 0.0835 e. The molecule has 1 unspecified atom stereocenters. The minimum Gasteiger partial charge on any atom is -0.302 e. The van der Waals surface area contributed by atoms with Gasteiger partial charge in [-0.05, 0) is 26.9 Å². The van der Waals surface area contributed by atoms with Crippen LogP contribution in [0.4, 0.5) is 0 Å². The van der Waals surface area contributed by atoms with E-state index in [0.29, 0.717) is 5.02 Å². The van der Waals surface area contributed by atoms with Crippen molar-refractivity contribution in [3.05, 3.63) is 16.9 Å². The van der Waals surface area contributed by atoms with E-state index in [9.17, 15) is 0 Å². The SMILES string of the molecule is CCC(CC)(C(NN)c1c(Cl)cnn1C)N(C)C. The van der Waals surface area contributed by atoms with Crippen LogP contribution in [-0.4, -0.2) is 34.3 Å². The molecule has 0 aromatic carbocycles. The second kappa shape index (κ2) is 6.02. The Kier molecular flexibility index (Phi) is 5.16. The summed E-state index contributed by atoms with van der Waals surface area (Å²) in [5.41, 5.74) is 3.76. The van der Waals surface area contributed by atoms with Gasteiger partial charge >= 0.3 is 0 Å². The molecule has 0 amide bonds. The Hall–Kier alpha value is -0.620. The van der Waals surface area contributed by atoms with Gasteiger partial charge in [0.1, 0.15) is 0 Å². The minimum atomic E-state index is -0.0911. The van der Waals surface area contributed by atoms with Crippen molar-refractivity contribution in [1.82, 2.24) is 20.1 Å². The van der Waals surface area contributed by atoms with Gasteiger partial charge in [0.15, 0.2) is 0 Å². The summed E-state index contributed by atoms with van der Waals surface area (Å²) >= 11 is 6.25. The molecular weight excluding hydrogens is 250 g/mol. The molecule has 0 bridgehead atoms. The predicted octanol–water partition coefficient (Wildman–Crippen LogP) is 1.70. The molecule has 0 aliphatic heterocycles. The fourth-order valence-corrected chi connectivity index (χ4v) is 3.06. The monoisotopic (exact) mass is 273 g/mol. The van der Waals surface area contributed by atoms with Crippen molar-refractivity contribution in [2.75, 3.05) is 14.1 Å². The fourth-order valence-electron chi connectivity index (χ4n) is 2.78. The molecule has 0 aliphatic rings. The van der Waals surface area contributed by atoms with Gasteiger partial charge in [-0.25, -0.2) is 5.43 Å². The van der Waals surface area contributed by atoms with Crippen LogP contribution in [0.25, 0.3) is 0 Å². The summed E-state index contributed by atoms with van der Waals surface area (Å²) in [6.45, 7) is 4.33. The molecule has 1 rings (SSSR count). The third-order valence-corrected chi connectivity index (χ3v) is 4.32. The van der Waals surface area contributed by atoms with Gasteiger partial charge in [-0.3, -0.25) is 10.5 Å². The zero-order chi connectivity index (χ0) is 13.9. The Morgan fingerprint density at radius 2 is 2.06 bits per heavy atom. The molecule has 18 heavy (non-hydrogen) atoms. The highest BCUT2D eigenvalue weighted by molar-refractivity contribution is 6.31. The fraction of sp³-hybridized carbons (Fsp3) is 0.750. The van der Waals surface area contributed by atoms with Crippen LogP contribution in [0.1, 0.15) is 38.4 Å². The molecule has 0 aliphatic carbocycles. The average molecular weight is 274 g/mol. The number of rotatable bonds is 6. The number of likely N-dealkylation sites (N-methyl/N-ethyl adjacent to an activating group) is 1. The highest BCUT2D eigenvalue weighted by Gasteiger charge is 2.40. The van der Waals surface area contributed by atoms with Crippen LogP contribution >= 0.6 is 11.6 Å². The molecule has 1 aromatic rings. The molecule has 0 saturated carbocycles. The molecule has 0 saturated heterocycles. The van der Waals surface area contributed by atoms with Crippen molar-refractivity contribution in [2.45, 2.75) is 38.3 Å². The van der Waals surface area contributed by atoms with Gasteiger partial charge in [0, 0.05) is 12.6 Å². The van der Waals surface area contributed by atoms with Crippen LogP contribution in [0.5, 0.6) is 0 Å². The van der Waals surface area contributed by atoms with Crippen LogP contribution in [-0.2, 0) is 7.05 Å². The highest BCUT2D eigenvalue weighted by Crippen LogP contribution is 2.37. The molecule has 1 atom stereocenters. The van der Waals surface area contributed by atoms with Crippen LogP contribution < -0.4 is 11.3 Å². The maximum absolute atomic E-state index is 6.25. The lowest BCUT2D eigenvalue weighted by atomic mass is 9.81. The van der Waals surface area contributed by atoms with E-state index in [1.807, 2.05) is 7.05 Å². The van der Waals surface area contributed by atoms with Crippen molar-refractivity contribution in [3.63, 3.8) is 0 Å². The summed E-state index contributed by atoms with van der Waals surface area (Å²) in [7, 11) is 6.03. The lowest BCUT2D eigenvalue weighted by Crippen LogP contribution is -2.55. The second-order valence-electron chi connectivity index (χ2n) is 4.81. The third kappa shape index (κ3) is 2.40. The number of nitrogens with zero attached hydrogens (tertiary/aromatic N) is 3. The molecule has 5 nitrogen and oxygen atoms in total. The first-order valence-electron chi connectivity index (χ1n) is 6.25. The number of aryl methyl sites for hydroxylation is 1. The van der Waals surface area contributed by atoms with E-state index in [1.54, 1.807) is 10.9 Å². The van der Waals surface area contributed by atoms with Crippen LogP contribution in [0.2, 0.25) is 5.02 Å². The van der Waals surface area contributed by atoms with Gasteiger partial charge in [-0.2, -0.15) is 5.10 Å². The Balaban J connectivity index is 3.31. The number of halogens is 1. The molecule has 0 fully saturated rings. The second-order valence-corrected chi connectivity index (χ2v) is 5.21. The number of hydrogen-bond donors (Lipinski definition) is 2. The van der Waals surface area contributed by atoms with E-state index in [-0.39, 0.29) is 11.6 Å². The molecule has 1 aromatic heterocycles. The lowest BCUT2D eigenvalue weighted by molar-refractivity contribution is 0.0845. The van der Waals surface area contributed by atoms with Gasteiger partial charge < -0.3 is 4.90 Å². The third-order valence-electron chi connectivity index (χ3n) is 4.03. The van der Waals surface area contributed by atoms with Crippen molar-refractivity contribution in [3.8, 4) is 0 Å². The molecule has 0 radical (unpaired) electrons. The van der Waals surface area contributed by atoms with Gasteiger partial charge in [0.05, 0.1) is 23.0 Å². The number of aromatic nitrogens is 2. The van der Waals surface area contributed by atoms with Crippen LogP contribution in [0.15, 0.2) is 6.20 Å². The summed E-state index contributed by atoms with van der Waals surface area (Å²) in [4.78, 5) is 2.21. The van der Waals surface area contributed by atoms with E-state index >= 15 is 0 Å². The van der Waals surface area contributed by atoms with Crippen molar-refractivity contribution in [1.29, 1.82) is 0 Å². The lowest BCUT2D eigenvalue weighted by Gasteiger charge is -2.44. The van der Waals surface area contributed by atoms with E-state index in [0.717, 1.165) is 18.5 Å². The standard InChI is InChI=1S/C12H24ClN5/c1-6-12(7-2,17(3)4)11(16-14)10-9(13)8-15-18(10)5/h8,11,16H,6-7,14H2,1-5H3. The molecule has 104 valence electrons. The first-order chi connectivity index (χ1) is 8.44. The maximum Gasteiger partial charge on any atom is 0.0835 e. The van der Waals surface area contributed by atoms with E-state index in [4.69, 9.17) is 17.4 Å². The Morgan fingerprint density at radius 3 is 2.33 bits per heavy atom. The van der Waals surface area contributed by atoms with Crippen LogP contribution in [0, 0.1) is 0 Å². The van der Waals surface area contributed by atoms with E-state index in [2.05, 4.69) is 43.4 Å². The van der Waals surface area contributed by atoms with E-state index in [1.165, 1.54) is 0 Å². The number of nitrogens with two attached hydrogens (primary N) is 1. The van der Waals surface area contributed by atoms with Gasteiger partial charge in [0.2, 0.25) is 0 Å². The topological polar surface area (TPSA) is 59.1 Å².